The average Bonchev–Trinajstić information content (AvgIpc) is 2.61. The van der Waals surface area contributed by atoms with Crippen molar-refractivity contribution in [2.75, 3.05) is 0 Å². The van der Waals surface area contributed by atoms with Crippen LogP contribution in [0.3, 0.4) is 0 Å². The van der Waals surface area contributed by atoms with Crippen LogP contribution in [0, 0.1) is 11.8 Å². The molecule has 0 aliphatic heterocycles. The van der Waals surface area contributed by atoms with Gasteiger partial charge in [-0.1, -0.05) is 38.5 Å². The Morgan fingerprint density at radius 1 is 0.846 bits per heavy atom. The van der Waals surface area contributed by atoms with Crippen molar-refractivity contribution < 1.29 is 0 Å². The second kappa shape index (κ2) is 4.45. The molecule has 0 radical (unpaired) electrons. The van der Waals surface area contributed by atoms with Crippen LogP contribution in [0.2, 0.25) is 0 Å². The first kappa shape index (κ1) is 9.51. The quantitative estimate of drug-likeness (QED) is 0.696. The number of nitrogens with two attached hydrogens (primary N) is 1. The van der Waals surface area contributed by atoms with Crippen LogP contribution in [-0.2, 0) is 0 Å². The van der Waals surface area contributed by atoms with E-state index in [1.165, 1.54) is 57.8 Å². The van der Waals surface area contributed by atoms with E-state index in [1.807, 2.05) is 0 Å². The molecule has 2 atom stereocenters. The normalized spacial score (nSPS) is 36.7. The van der Waals surface area contributed by atoms with Gasteiger partial charge in [0.25, 0.3) is 0 Å². The third-order valence-electron chi connectivity index (χ3n) is 4.08. The van der Waals surface area contributed by atoms with E-state index in [4.69, 9.17) is 5.73 Å². The summed E-state index contributed by atoms with van der Waals surface area (Å²) >= 11 is 0. The first-order valence-corrected chi connectivity index (χ1v) is 6.12. The zero-order valence-corrected chi connectivity index (χ0v) is 8.67. The second-order valence-corrected chi connectivity index (χ2v) is 5.09. The standard InChI is InChI=1S/C12H23N/c13-12-8-4-3-7-11(12)9-10-5-1-2-6-10/h10-12H,1-9,13H2/t11-,12-/m0/s1. The van der Waals surface area contributed by atoms with Crippen LogP contribution in [0.5, 0.6) is 0 Å². The maximum Gasteiger partial charge on any atom is 0.00672 e. The minimum Gasteiger partial charge on any atom is -0.327 e. The van der Waals surface area contributed by atoms with Gasteiger partial charge in [-0.05, 0) is 31.1 Å². The largest absolute Gasteiger partial charge is 0.327 e. The summed E-state index contributed by atoms with van der Waals surface area (Å²) in [4.78, 5) is 0. The minimum atomic E-state index is 0.536. The summed E-state index contributed by atoms with van der Waals surface area (Å²) in [6, 6.07) is 0.536. The smallest absolute Gasteiger partial charge is 0.00672 e. The molecule has 2 saturated carbocycles. The van der Waals surface area contributed by atoms with Crippen molar-refractivity contribution in [1.29, 1.82) is 0 Å². The Bertz CT molecular complexity index is 149. The van der Waals surface area contributed by atoms with E-state index in [0.29, 0.717) is 6.04 Å². The molecular weight excluding hydrogens is 158 g/mol. The van der Waals surface area contributed by atoms with Gasteiger partial charge in [-0.25, -0.2) is 0 Å². The van der Waals surface area contributed by atoms with Crippen molar-refractivity contribution in [3.63, 3.8) is 0 Å². The highest BCUT2D eigenvalue weighted by molar-refractivity contribution is 4.81. The van der Waals surface area contributed by atoms with Crippen LogP contribution < -0.4 is 5.73 Å². The summed E-state index contributed by atoms with van der Waals surface area (Å²) < 4.78 is 0. The highest BCUT2D eigenvalue weighted by Crippen LogP contribution is 2.35. The fourth-order valence-electron chi connectivity index (χ4n) is 3.20. The lowest BCUT2D eigenvalue weighted by Gasteiger charge is -2.30. The molecule has 0 saturated heterocycles. The van der Waals surface area contributed by atoms with Crippen molar-refractivity contribution in [2.24, 2.45) is 17.6 Å². The predicted molar refractivity (Wildman–Crippen MR) is 56.5 cm³/mol. The molecule has 0 aromatic carbocycles. The van der Waals surface area contributed by atoms with Crippen molar-refractivity contribution >= 4 is 0 Å². The van der Waals surface area contributed by atoms with E-state index >= 15 is 0 Å². The van der Waals surface area contributed by atoms with Crippen LogP contribution >= 0.6 is 0 Å². The Morgan fingerprint density at radius 2 is 1.46 bits per heavy atom. The third-order valence-corrected chi connectivity index (χ3v) is 4.08. The minimum absolute atomic E-state index is 0.536. The highest BCUT2D eigenvalue weighted by Gasteiger charge is 2.26. The summed E-state index contributed by atoms with van der Waals surface area (Å²) in [5.74, 6) is 1.91. The summed E-state index contributed by atoms with van der Waals surface area (Å²) in [5.41, 5.74) is 6.16. The number of hydrogen-bond donors (Lipinski definition) is 1. The molecule has 2 N–H and O–H groups in total. The molecule has 1 heteroatoms. The molecule has 0 aromatic rings. The van der Waals surface area contributed by atoms with Gasteiger partial charge in [0, 0.05) is 6.04 Å². The molecule has 2 aliphatic rings. The number of rotatable bonds is 2. The average molecular weight is 181 g/mol. The second-order valence-electron chi connectivity index (χ2n) is 5.09. The lowest BCUT2D eigenvalue weighted by atomic mass is 9.79. The summed E-state index contributed by atoms with van der Waals surface area (Å²) in [6.07, 6.45) is 12.9. The molecule has 0 spiro atoms. The summed E-state index contributed by atoms with van der Waals surface area (Å²) in [6.45, 7) is 0. The summed E-state index contributed by atoms with van der Waals surface area (Å²) in [5, 5.41) is 0. The molecule has 0 bridgehead atoms. The molecular formula is C12H23N. The Kier molecular flexibility index (Phi) is 3.26. The van der Waals surface area contributed by atoms with Crippen LogP contribution in [0.15, 0.2) is 0 Å². The van der Waals surface area contributed by atoms with Crippen LogP contribution in [-0.4, -0.2) is 6.04 Å². The molecule has 13 heavy (non-hydrogen) atoms. The molecule has 2 aliphatic carbocycles. The van der Waals surface area contributed by atoms with Crippen LogP contribution in [0.1, 0.15) is 57.8 Å². The zero-order chi connectivity index (χ0) is 9.10. The molecule has 0 heterocycles. The first-order valence-electron chi connectivity index (χ1n) is 6.12. The van der Waals surface area contributed by atoms with E-state index in [0.717, 1.165) is 11.8 Å². The Hall–Kier alpha value is -0.0400. The van der Waals surface area contributed by atoms with Crippen molar-refractivity contribution in [3.05, 3.63) is 0 Å². The fraction of sp³-hybridized carbons (Fsp3) is 1.00. The van der Waals surface area contributed by atoms with Gasteiger partial charge in [-0.3, -0.25) is 0 Å². The van der Waals surface area contributed by atoms with Gasteiger partial charge >= 0.3 is 0 Å². The van der Waals surface area contributed by atoms with Crippen LogP contribution in [0.25, 0.3) is 0 Å². The molecule has 0 aromatic heterocycles. The Balaban J connectivity index is 1.78. The Labute approximate surface area is 82.1 Å². The van der Waals surface area contributed by atoms with Crippen molar-refractivity contribution in [3.8, 4) is 0 Å². The van der Waals surface area contributed by atoms with Crippen LogP contribution in [0.4, 0.5) is 0 Å². The molecule has 1 nitrogen and oxygen atoms in total. The topological polar surface area (TPSA) is 26.0 Å². The van der Waals surface area contributed by atoms with E-state index < -0.39 is 0 Å². The molecule has 2 fully saturated rings. The van der Waals surface area contributed by atoms with Gasteiger partial charge in [0.15, 0.2) is 0 Å². The Morgan fingerprint density at radius 3 is 2.15 bits per heavy atom. The zero-order valence-electron chi connectivity index (χ0n) is 8.67. The molecule has 2 rings (SSSR count). The number of hydrogen-bond acceptors (Lipinski definition) is 1. The van der Waals surface area contributed by atoms with E-state index in [-0.39, 0.29) is 0 Å². The van der Waals surface area contributed by atoms with E-state index in [2.05, 4.69) is 0 Å². The molecule has 0 unspecified atom stereocenters. The van der Waals surface area contributed by atoms with Gasteiger partial charge < -0.3 is 5.73 Å². The SMILES string of the molecule is N[C@H]1CCCC[C@H]1CC1CCCC1. The lowest BCUT2D eigenvalue weighted by molar-refractivity contribution is 0.253. The van der Waals surface area contributed by atoms with Crippen molar-refractivity contribution in [1.82, 2.24) is 0 Å². The van der Waals surface area contributed by atoms with Gasteiger partial charge in [0.05, 0.1) is 0 Å². The predicted octanol–water partition coefficient (Wildman–Crippen LogP) is 3.08. The van der Waals surface area contributed by atoms with E-state index in [1.54, 1.807) is 0 Å². The van der Waals surface area contributed by atoms with Crippen molar-refractivity contribution in [2.45, 2.75) is 63.8 Å². The maximum atomic E-state index is 6.16. The van der Waals surface area contributed by atoms with Gasteiger partial charge in [0.2, 0.25) is 0 Å². The molecule has 0 amide bonds. The maximum absolute atomic E-state index is 6.16. The van der Waals surface area contributed by atoms with E-state index in [9.17, 15) is 0 Å². The third kappa shape index (κ3) is 2.46. The summed E-state index contributed by atoms with van der Waals surface area (Å²) in [7, 11) is 0. The highest BCUT2D eigenvalue weighted by atomic mass is 14.7. The van der Waals surface area contributed by atoms with Gasteiger partial charge in [-0.2, -0.15) is 0 Å². The lowest BCUT2D eigenvalue weighted by Crippen LogP contribution is -2.34. The van der Waals surface area contributed by atoms with Gasteiger partial charge in [0.1, 0.15) is 0 Å². The monoisotopic (exact) mass is 181 g/mol. The first-order chi connectivity index (χ1) is 6.36. The van der Waals surface area contributed by atoms with Gasteiger partial charge in [-0.15, -0.1) is 0 Å². The molecule has 76 valence electrons. The fourth-order valence-corrected chi connectivity index (χ4v) is 3.20.